The van der Waals surface area contributed by atoms with E-state index in [0.29, 0.717) is 48.1 Å². The largest absolute Gasteiger partial charge is 0.497 e. The van der Waals surface area contributed by atoms with E-state index in [2.05, 4.69) is 5.32 Å². The molecule has 1 aliphatic rings. The van der Waals surface area contributed by atoms with Crippen LogP contribution in [-0.2, 0) is 9.53 Å². The molecule has 0 aliphatic carbocycles. The van der Waals surface area contributed by atoms with Crippen LogP contribution in [0.5, 0.6) is 5.75 Å². The summed E-state index contributed by atoms with van der Waals surface area (Å²) < 4.78 is 10.5. The average molecular weight is 475 g/mol. The van der Waals surface area contributed by atoms with E-state index in [9.17, 15) is 14.4 Å². The Morgan fingerprint density at radius 1 is 1.09 bits per heavy atom. The number of thiophene rings is 1. The van der Waals surface area contributed by atoms with Gasteiger partial charge in [-0.1, -0.05) is 12.1 Å². The highest BCUT2D eigenvalue weighted by Crippen LogP contribution is 2.36. The van der Waals surface area contributed by atoms with Gasteiger partial charge in [-0.2, -0.15) is 0 Å². The minimum Gasteiger partial charge on any atom is -0.497 e. The summed E-state index contributed by atoms with van der Waals surface area (Å²) in [4.78, 5) is 42.9. The molecular formula is C23H30N4O5S. The van der Waals surface area contributed by atoms with E-state index in [-0.39, 0.29) is 25.1 Å². The molecule has 10 heteroatoms. The van der Waals surface area contributed by atoms with Crippen molar-refractivity contribution in [2.24, 2.45) is 0 Å². The number of carbonyl (C=O) groups excluding carboxylic acids is 3. The summed E-state index contributed by atoms with van der Waals surface area (Å²) in [5.41, 5.74) is 1.88. The van der Waals surface area contributed by atoms with Gasteiger partial charge in [-0.25, -0.2) is 9.59 Å². The smallest absolute Gasteiger partial charge is 0.341 e. The van der Waals surface area contributed by atoms with Gasteiger partial charge in [0.25, 0.3) is 0 Å². The van der Waals surface area contributed by atoms with Gasteiger partial charge in [0.1, 0.15) is 16.3 Å². The van der Waals surface area contributed by atoms with Crippen LogP contribution in [0, 0.1) is 0 Å². The number of hydrogen-bond acceptors (Lipinski definition) is 7. The standard InChI is InChI=1S/C23H30N4O5S/c1-5-32-22(29)20-18(16-6-8-17(31-4)9-7-16)15-33-21(20)24-19(28)14-26-10-12-27(13-11-26)23(30)25(2)3/h6-9,15H,5,10-14H2,1-4H3,(H,24,28). The summed E-state index contributed by atoms with van der Waals surface area (Å²) in [7, 11) is 5.05. The molecule has 9 nitrogen and oxygen atoms in total. The van der Waals surface area contributed by atoms with E-state index >= 15 is 0 Å². The number of nitrogens with zero attached hydrogens (tertiary/aromatic N) is 3. The SMILES string of the molecule is CCOC(=O)c1c(-c2ccc(OC)cc2)csc1NC(=O)CN1CCN(C(=O)N(C)C)CC1. The maximum atomic E-state index is 12.8. The molecule has 0 atom stereocenters. The number of rotatable bonds is 7. The maximum absolute atomic E-state index is 12.8. The lowest BCUT2D eigenvalue weighted by atomic mass is 10.0. The van der Waals surface area contributed by atoms with Crippen LogP contribution >= 0.6 is 11.3 Å². The molecular weight excluding hydrogens is 444 g/mol. The molecule has 0 saturated carbocycles. The van der Waals surface area contributed by atoms with Crippen molar-refractivity contribution in [1.82, 2.24) is 14.7 Å². The lowest BCUT2D eigenvalue weighted by Gasteiger charge is -2.35. The van der Waals surface area contributed by atoms with E-state index in [1.807, 2.05) is 34.5 Å². The molecule has 1 aromatic heterocycles. The van der Waals surface area contributed by atoms with Crippen LogP contribution in [0.25, 0.3) is 11.1 Å². The second-order valence-electron chi connectivity index (χ2n) is 7.79. The molecule has 1 aliphatic heterocycles. The highest BCUT2D eigenvalue weighted by atomic mass is 32.1. The van der Waals surface area contributed by atoms with Gasteiger partial charge in [0.2, 0.25) is 5.91 Å². The van der Waals surface area contributed by atoms with Crippen LogP contribution < -0.4 is 10.1 Å². The van der Waals surface area contributed by atoms with Gasteiger partial charge >= 0.3 is 12.0 Å². The van der Waals surface area contributed by atoms with Crippen molar-refractivity contribution in [1.29, 1.82) is 0 Å². The number of methoxy groups -OCH3 is 1. The van der Waals surface area contributed by atoms with Crippen molar-refractivity contribution in [2.45, 2.75) is 6.92 Å². The summed E-state index contributed by atoms with van der Waals surface area (Å²) >= 11 is 1.29. The molecule has 0 unspecified atom stereocenters. The molecule has 0 spiro atoms. The Kier molecular flexibility index (Phi) is 8.29. The molecule has 2 aromatic rings. The molecule has 1 N–H and O–H groups in total. The topological polar surface area (TPSA) is 91.4 Å². The van der Waals surface area contributed by atoms with Crippen LogP contribution in [0.1, 0.15) is 17.3 Å². The minimum absolute atomic E-state index is 0.0252. The van der Waals surface area contributed by atoms with Gasteiger partial charge in [-0.15, -0.1) is 11.3 Å². The first-order valence-corrected chi connectivity index (χ1v) is 11.6. The number of benzene rings is 1. The molecule has 3 rings (SSSR count). The van der Waals surface area contributed by atoms with Gasteiger partial charge in [-0.3, -0.25) is 9.69 Å². The molecule has 178 valence electrons. The van der Waals surface area contributed by atoms with Gasteiger partial charge in [-0.05, 0) is 24.6 Å². The molecule has 1 fully saturated rings. The van der Waals surface area contributed by atoms with Crippen molar-refractivity contribution in [3.63, 3.8) is 0 Å². The van der Waals surface area contributed by atoms with E-state index < -0.39 is 5.97 Å². The van der Waals surface area contributed by atoms with Crippen LogP contribution in [0.3, 0.4) is 0 Å². The Balaban J connectivity index is 1.70. The first kappa shape index (κ1) is 24.5. The zero-order valence-electron chi connectivity index (χ0n) is 19.4. The lowest BCUT2D eigenvalue weighted by Crippen LogP contribution is -2.52. The number of amides is 3. The van der Waals surface area contributed by atoms with Crippen LogP contribution in [-0.4, -0.2) is 93.1 Å². The van der Waals surface area contributed by atoms with Crippen molar-refractivity contribution in [2.75, 3.05) is 65.9 Å². The normalized spacial score (nSPS) is 14.0. The Labute approximate surface area is 197 Å². The molecule has 1 saturated heterocycles. The minimum atomic E-state index is -0.476. The first-order valence-electron chi connectivity index (χ1n) is 10.8. The number of urea groups is 1. The zero-order valence-corrected chi connectivity index (χ0v) is 20.2. The number of esters is 1. The van der Waals surface area contributed by atoms with Gasteiger partial charge < -0.3 is 24.6 Å². The van der Waals surface area contributed by atoms with Gasteiger partial charge in [0.05, 0.1) is 20.3 Å². The van der Waals surface area contributed by atoms with E-state index in [4.69, 9.17) is 9.47 Å². The second kappa shape index (κ2) is 11.2. The highest BCUT2D eigenvalue weighted by molar-refractivity contribution is 7.15. The summed E-state index contributed by atoms with van der Waals surface area (Å²) in [6.45, 7) is 4.52. The quantitative estimate of drug-likeness (QED) is 0.621. The number of carbonyl (C=O) groups is 3. The predicted octanol–water partition coefficient (Wildman–Crippen LogP) is 2.84. The Bertz CT molecular complexity index is 981. The lowest BCUT2D eigenvalue weighted by molar-refractivity contribution is -0.117. The van der Waals surface area contributed by atoms with E-state index in [0.717, 1.165) is 5.56 Å². The third-order valence-electron chi connectivity index (χ3n) is 5.32. The third kappa shape index (κ3) is 6.02. The molecule has 3 amide bonds. The molecule has 2 heterocycles. The fraction of sp³-hybridized carbons (Fsp3) is 0.435. The Morgan fingerprint density at radius 3 is 2.33 bits per heavy atom. The highest BCUT2D eigenvalue weighted by Gasteiger charge is 2.26. The Morgan fingerprint density at radius 2 is 1.76 bits per heavy atom. The van der Waals surface area contributed by atoms with Crippen LogP contribution in [0.2, 0.25) is 0 Å². The van der Waals surface area contributed by atoms with Crippen molar-refractivity contribution >= 4 is 34.2 Å². The van der Waals surface area contributed by atoms with Crippen molar-refractivity contribution in [3.05, 3.63) is 35.2 Å². The summed E-state index contributed by atoms with van der Waals surface area (Å²) in [6, 6.07) is 7.35. The fourth-order valence-corrected chi connectivity index (χ4v) is 4.56. The molecule has 1 aromatic carbocycles. The monoisotopic (exact) mass is 474 g/mol. The summed E-state index contributed by atoms with van der Waals surface area (Å²) in [6.07, 6.45) is 0. The number of piperazine rings is 1. The zero-order chi connectivity index (χ0) is 24.0. The average Bonchev–Trinajstić information content (AvgIpc) is 3.22. The van der Waals surface area contributed by atoms with Crippen LogP contribution in [0.15, 0.2) is 29.6 Å². The summed E-state index contributed by atoms with van der Waals surface area (Å²) in [5, 5.41) is 5.19. The van der Waals surface area contributed by atoms with Gasteiger partial charge in [0.15, 0.2) is 0 Å². The molecule has 0 bridgehead atoms. The predicted molar refractivity (Wildman–Crippen MR) is 128 cm³/mol. The number of nitrogens with one attached hydrogen (secondary N) is 1. The number of anilines is 1. The number of ether oxygens (including phenoxy) is 2. The molecule has 0 radical (unpaired) electrons. The van der Waals surface area contributed by atoms with E-state index in [1.165, 1.54) is 11.3 Å². The maximum Gasteiger partial charge on any atom is 0.341 e. The van der Waals surface area contributed by atoms with Crippen LogP contribution in [0.4, 0.5) is 9.80 Å². The Hall–Kier alpha value is -3.11. The number of hydrogen-bond donors (Lipinski definition) is 1. The second-order valence-corrected chi connectivity index (χ2v) is 8.67. The van der Waals surface area contributed by atoms with Crippen molar-refractivity contribution < 1.29 is 23.9 Å². The third-order valence-corrected chi connectivity index (χ3v) is 6.21. The fourth-order valence-electron chi connectivity index (χ4n) is 3.59. The van der Waals surface area contributed by atoms with Crippen molar-refractivity contribution in [3.8, 4) is 16.9 Å². The first-order chi connectivity index (χ1) is 15.8. The van der Waals surface area contributed by atoms with Gasteiger partial charge in [0, 0.05) is 51.2 Å². The van der Waals surface area contributed by atoms with E-state index in [1.54, 1.807) is 37.9 Å². The molecule has 33 heavy (non-hydrogen) atoms. The summed E-state index contributed by atoms with van der Waals surface area (Å²) in [5.74, 6) is 0.0271.